The van der Waals surface area contributed by atoms with Gasteiger partial charge in [-0.05, 0) is 23.8 Å². The van der Waals surface area contributed by atoms with Crippen LogP contribution in [0.25, 0.3) is 6.08 Å². The highest BCUT2D eigenvalue weighted by atomic mass is 35.5. The molecule has 3 heteroatoms. The molecule has 0 spiro atoms. The molecular formula is C15H12ClNO. The van der Waals surface area contributed by atoms with Gasteiger partial charge in [0.1, 0.15) is 0 Å². The second-order valence-corrected chi connectivity index (χ2v) is 4.10. The van der Waals surface area contributed by atoms with Crippen molar-refractivity contribution in [3.8, 4) is 0 Å². The standard InChI is InChI=1S/C15H12ClNO/c16-14-9-5-4-8-13(14)15(18)17-11-10-12-6-2-1-3-7-12/h1-11H,(H,17,18)/b11-10+. The second kappa shape index (κ2) is 6.03. The number of benzene rings is 2. The van der Waals surface area contributed by atoms with Gasteiger partial charge in [0.05, 0.1) is 10.6 Å². The van der Waals surface area contributed by atoms with Crippen LogP contribution in [0.1, 0.15) is 15.9 Å². The lowest BCUT2D eigenvalue weighted by molar-refractivity contribution is 0.0970. The monoisotopic (exact) mass is 257 g/mol. The van der Waals surface area contributed by atoms with E-state index in [-0.39, 0.29) is 5.91 Å². The molecule has 2 nitrogen and oxygen atoms in total. The van der Waals surface area contributed by atoms with Crippen LogP contribution in [-0.4, -0.2) is 5.91 Å². The minimum Gasteiger partial charge on any atom is -0.329 e. The predicted molar refractivity (Wildman–Crippen MR) is 74.4 cm³/mol. The largest absolute Gasteiger partial charge is 0.329 e. The molecule has 0 bridgehead atoms. The van der Waals surface area contributed by atoms with Gasteiger partial charge in [0.15, 0.2) is 0 Å². The Hall–Kier alpha value is -2.06. The van der Waals surface area contributed by atoms with Crippen LogP contribution in [0, 0.1) is 0 Å². The smallest absolute Gasteiger partial charge is 0.256 e. The Morgan fingerprint density at radius 2 is 1.67 bits per heavy atom. The minimum atomic E-state index is -0.215. The van der Waals surface area contributed by atoms with Gasteiger partial charge in [0, 0.05) is 6.20 Å². The molecule has 2 aromatic carbocycles. The van der Waals surface area contributed by atoms with Crippen LogP contribution in [0.2, 0.25) is 5.02 Å². The summed E-state index contributed by atoms with van der Waals surface area (Å²) < 4.78 is 0. The Morgan fingerprint density at radius 1 is 1.00 bits per heavy atom. The Bertz CT molecular complexity index is 564. The van der Waals surface area contributed by atoms with E-state index in [9.17, 15) is 4.79 Å². The van der Waals surface area contributed by atoms with E-state index >= 15 is 0 Å². The molecule has 2 rings (SSSR count). The van der Waals surface area contributed by atoms with Gasteiger partial charge in [0.2, 0.25) is 0 Å². The summed E-state index contributed by atoms with van der Waals surface area (Å²) in [5.41, 5.74) is 1.49. The highest BCUT2D eigenvalue weighted by molar-refractivity contribution is 6.33. The molecule has 0 saturated carbocycles. The van der Waals surface area contributed by atoms with Crippen molar-refractivity contribution in [2.75, 3.05) is 0 Å². The lowest BCUT2D eigenvalue weighted by Gasteiger charge is -2.02. The summed E-state index contributed by atoms with van der Waals surface area (Å²) in [6.07, 6.45) is 3.44. The van der Waals surface area contributed by atoms with Crippen molar-refractivity contribution in [2.24, 2.45) is 0 Å². The third kappa shape index (κ3) is 3.22. The zero-order valence-corrected chi connectivity index (χ0v) is 10.4. The van der Waals surface area contributed by atoms with Crippen LogP contribution >= 0.6 is 11.6 Å². The van der Waals surface area contributed by atoms with E-state index in [1.165, 1.54) is 0 Å². The quantitative estimate of drug-likeness (QED) is 0.892. The first-order valence-corrected chi connectivity index (χ1v) is 5.92. The van der Waals surface area contributed by atoms with Crippen molar-refractivity contribution in [3.05, 3.63) is 76.9 Å². The van der Waals surface area contributed by atoms with Gasteiger partial charge < -0.3 is 5.32 Å². The third-order valence-electron chi connectivity index (χ3n) is 2.41. The maximum atomic E-state index is 11.8. The van der Waals surface area contributed by atoms with Crippen molar-refractivity contribution in [2.45, 2.75) is 0 Å². The van der Waals surface area contributed by atoms with E-state index < -0.39 is 0 Å². The van der Waals surface area contributed by atoms with Gasteiger partial charge in [0.25, 0.3) is 5.91 Å². The molecule has 1 N–H and O–H groups in total. The van der Waals surface area contributed by atoms with Crippen molar-refractivity contribution in [1.29, 1.82) is 0 Å². The zero-order valence-electron chi connectivity index (χ0n) is 9.64. The first-order chi connectivity index (χ1) is 8.77. The normalized spacial score (nSPS) is 10.5. The van der Waals surface area contributed by atoms with Gasteiger partial charge in [-0.25, -0.2) is 0 Å². The number of hydrogen-bond acceptors (Lipinski definition) is 1. The van der Waals surface area contributed by atoms with Crippen LogP contribution < -0.4 is 5.32 Å². The van der Waals surface area contributed by atoms with Gasteiger partial charge in [-0.3, -0.25) is 4.79 Å². The predicted octanol–water partition coefficient (Wildman–Crippen LogP) is 3.74. The number of halogens is 1. The van der Waals surface area contributed by atoms with E-state index in [1.807, 2.05) is 36.4 Å². The number of nitrogens with one attached hydrogen (secondary N) is 1. The Balaban J connectivity index is 2.01. The molecule has 0 aliphatic heterocycles. The highest BCUT2D eigenvalue weighted by Gasteiger charge is 2.06. The fourth-order valence-corrected chi connectivity index (χ4v) is 1.72. The Labute approximate surface area is 111 Å². The fourth-order valence-electron chi connectivity index (χ4n) is 1.50. The average molecular weight is 258 g/mol. The topological polar surface area (TPSA) is 29.1 Å². The lowest BCUT2D eigenvalue weighted by atomic mass is 10.2. The van der Waals surface area contributed by atoms with E-state index in [1.54, 1.807) is 30.5 Å². The lowest BCUT2D eigenvalue weighted by Crippen LogP contribution is -2.17. The molecule has 0 unspecified atom stereocenters. The molecule has 2 aromatic rings. The number of rotatable bonds is 3. The minimum absolute atomic E-state index is 0.215. The first-order valence-electron chi connectivity index (χ1n) is 5.54. The molecule has 0 fully saturated rings. The van der Waals surface area contributed by atoms with Gasteiger partial charge >= 0.3 is 0 Å². The molecule has 1 amide bonds. The van der Waals surface area contributed by atoms with Gasteiger partial charge in [-0.15, -0.1) is 0 Å². The van der Waals surface area contributed by atoms with Crippen LogP contribution in [-0.2, 0) is 0 Å². The molecule has 0 aromatic heterocycles. The van der Waals surface area contributed by atoms with Gasteiger partial charge in [-0.2, -0.15) is 0 Å². The van der Waals surface area contributed by atoms with E-state index in [4.69, 9.17) is 11.6 Å². The summed E-state index contributed by atoms with van der Waals surface area (Å²) in [5.74, 6) is -0.215. The van der Waals surface area contributed by atoms with E-state index in [0.717, 1.165) is 5.56 Å². The first kappa shape index (κ1) is 12.4. The van der Waals surface area contributed by atoms with Crippen LogP contribution in [0.3, 0.4) is 0 Å². The number of carbonyl (C=O) groups is 1. The van der Waals surface area contributed by atoms with Crippen molar-refractivity contribution < 1.29 is 4.79 Å². The van der Waals surface area contributed by atoms with E-state index in [2.05, 4.69) is 5.32 Å². The fraction of sp³-hybridized carbons (Fsp3) is 0. The van der Waals surface area contributed by atoms with Crippen molar-refractivity contribution in [1.82, 2.24) is 5.32 Å². The van der Waals surface area contributed by atoms with Crippen LogP contribution in [0.15, 0.2) is 60.8 Å². The number of carbonyl (C=O) groups excluding carboxylic acids is 1. The van der Waals surface area contributed by atoms with Crippen molar-refractivity contribution >= 4 is 23.6 Å². The van der Waals surface area contributed by atoms with Gasteiger partial charge in [-0.1, -0.05) is 54.1 Å². The average Bonchev–Trinajstić information content (AvgIpc) is 2.40. The van der Waals surface area contributed by atoms with Crippen molar-refractivity contribution in [3.63, 3.8) is 0 Å². The molecule has 0 aliphatic rings. The van der Waals surface area contributed by atoms with Crippen LogP contribution in [0.5, 0.6) is 0 Å². The Morgan fingerprint density at radius 3 is 2.39 bits per heavy atom. The van der Waals surface area contributed by atoms with Crippen LogP contribution in [0.4, 0.5) is 0 Å². The molecule has 0 radical (unpaired) electrons. The third-order valence-corrected chi connectivity index (χ3v) is 2.74. The number of hydrogen-bond donors (Lipinski definition) is 1. The highest BCUT2D eigenvalue weighted by Crippen LogP contribution is 2.14. The molecule has 0 atom stereocenters. The molecule has 90 valence electrons. The maximum Gasteiger partial charge on any atom is 0.256 e. The summed E-state index contributed by atoms with van der Waals surface area (Å²) in [5, 5.41) is 3.13. The maximum absolute atomic E-state index is 11.8. The Kier molecular flexibility index (Phi) is 4.15. The molecule has 0 saturated heterocycles. The molecule has 18 heavy (non-hydrogen) atoms. The summed E-state index contributed by atoms with van der Waals surface area (Å²) >= 11 is 5.93. The molecular weight excluding hydrogens is 246 g/mol. The SMILES string of the molecule is O=C(N/C=C/c1ccccc1)c1ccccc1Cl. The van der Waals surface area contributed by atoms with E-state index in [0.29, 0.717) is 10.6 Å². The summed E-state index contributed by atoms with van der Waals surface area (Å²) in [6.45, 7) is 0. The molecule has 0 heterocycles. The zero-order chi connectivity index (χ0) is 12.8. The number of amides is 1. The summed E-state index contributed by atoms with van der Waals surface area (Å²) in [6, 6.07) is 16.7. The summed E-state index contributed by atoms with van der Waals surface area (Å²) in [7, 11) is 0. The molecule has 0 aliphatic carbocycles. The second-order valence-electron chi connectivity index (χ2n) is 3.70. The summed E-state index contributed by atoms with van der Waals surface area (Å²) in [4.78, 5) is 11.8.